The summed E-state index contributed by atoms with van der Waals surface area (Å²) < 4.78 is 16.9. The van der Waals surface area contributed by atoms with Crippen LogP contribution in [0.1, 0.15) is 38.2 Å². The van der Waals surface area contributed by atoms with Crippen LogP contribution in [0.3, 0.4) is 0 Å². The van der Waals surface area contributed by atoms with Crippen molar-refractivity contribution in [2.75, 3.05) is 6.61 Å². The third-order valence-electron chi connectivity index (χ3n) is 4.64. The van der Waals surface area contributed by atoms with Crippen molar-refractivity contribution in [2.45, 2.75) is 32.6 Å². The molecule has 1 aliphatic rings. The van der Waals surface area contributed by atoms with Crippen molar-refractivity contribution in [2.24, 2.45) is 5.73 Å². The Hall–Kier alpha value is -3.72. The summed E-state index contributed by atoms with van der Waals surface area (Å²) in [4.78, 5) is 12.8. The van der Waals surface area contributed by atoms with Gasteiger partial charge >= 0.3 is 5.97 Å². The Morgan fingerprint density at radius 1 is 1.13 bits per heavy atom. The van der Waals surface area contributed by atoms with Gasteiger partial charge in [-0.25, -0.2) is 4.79 Å². The third-order valence-corrected chi connectivity index (χ3v) is 4.64. The van der Waals surface area contributed by atoms with E-state index < -0.39 is 11.9 Å². The third kappa shape index (κ3) is 4.47. The number of carbonyl (C=O) groups is 1. The molecule has 1 unspecified atom stereocenters. The van der Waals surface area contributed by atoms with E-state index >= 15 is 0 Å². The highest BCUT2D eigenvalue weighted by Gasteiger charge is 2.37. The van der Waals surface area contributed by atoms with Gasteiger partial charge in [-0.2, -0.15) is 5.26 Å². The molecule has 2 N–H and O–H groups in total. The second-order valence-electron chi connectivity index (χ2n) is 6.72. The van der Waals surface area contributed by atoms with Crippen molar-refractivity contribution >= 4 is 5.97 Å². The highest BCUT2D eigenvalue weighted by Crippen LogP contribution is 2.41. The molecule has 2 aromatic rings. The Bertz CT molecular complexity index is 1020. The maximum Gasteiger partial charge on any atom is 0.338 e. The molecule has 0 fully saturated rings. The minimum absolute atomic E-state index is 0.00776. The first-order valence-electron chi connectivity index (χ1n) is 9.89. The number of hydrogen-bond donors (Lipinski definition) is 1. The second kappa shape index (κ2) is 9.66. The van der Waals surface area contributed by atoms with Gasteiger partial charge in [-0.1, -0.05) is 37.3 Å². The van der Waals surface area contributed by atoms with Crippen LogP contribution in [-0.4, -0.2) is 12.6 Å². The number of para-hydroxylation sites is 1. The smallest absolute Gasteiger partial charge is 0.338 e. The normalized spacial score (nSPS) is 16.0. The van der Waals surface area contributed by atoms with E-state index in [0.717, 1.165) is 6.42 Å². The SMILES string of the molecule is CCCC1=C(C(=O)OCC)C(c2cccc(Oc3ccccc3)c2)C(C#N)=C(N)O1. The van der Waals surface area contributed by atoms with Gasteiger partial charge in [0.25, 0.3) is 0 Å². The van der Waals surface area contributed by atoms with E-state index in [9.17, 15) is 10.1 Å². The summed E-state index contributed by atoms with van der Waals surface area (Å²) in [6.45, 7) is 3.93. The first kappa shape index (κ1) is 21.0. The minimum atomic E-state index is -0.691. The number of allylic oxidation sites excluding steroid dienone is 2. The lowest BCUT2D eigenvalue weighted by atomic mass is 9.82. The van der Waals surface area contributed by atoms with Gasteiger partial charge in [-0.05, 0) is 43.2 Å². The maximum absolute atomic E-state index is 12.8. The largest absolute Gasteiger partial charge is 0.463 e. The molecule has 6 heteroatoms. The lowest BCUT2D eigenvalue weighted by Gasteiger charge is -2.28. The lowest BCUT2D eigenvalue weighted by molar-refractivity contribution is -0.139. The molecule has 0 saturated carbocycles. The summed E-state index contributed by atoms with van der Waals surface area (Å²) in [5, 5.41) is 9.77. The Kier molecular flexibility index (Phi) is 6.76. The standard InChI is InChI=1S/C24H24N2O4/c1-3-9-20-22(24(27)28-4-2)21(19(15-25)23(26)30-20)16-10-8-13-18(14-16)29-17-11-6-5-7-12-17/h5-8,10-14,21H,3-4,9,26H2,1-2H3. The molecular formula is C24H24N2O4. The van der Waals surface area contributed by atoms with E-state index in [1.807, 2.05) is 55.5 Å². The van der Waals surface area contributed by atoms with Crippen LogP contribution < -0.4 is 10.5 Å². The highest BCUT2D eigenvalue weighted by atomic mass is 16.5. The number of hydrogen-bond acceptors (Lipinski definition) is 6. The van der Waals surface area contributed by atoms with Crippen LogP contribution >= 0.6 is 0 Å². The van der Waals surface area contributed by atoms with Gasteiger partial charge in [0.05, 0.1) is 18.1 Å². The zero-order valence-corrected chi connectivity index (χ0v) is 17.1. The predicted octanol–water partition coefficient (Wildman–Crippen LogP) is 4.90. The zero-order chi connectivity index (χ0) is 21.5. The molecule has 0 aromatic heterocycles. The minimum Gasteiger partial charge on any atom is -0.463 e. The summed E-state index contributed by atoms with van der Waals surface area (Å²) in [7, 11) is 0. The first-order valence-corrected chi connectivity index (χ1v) is 9.89. The van der Waals surface area contributed by atoms with Gasteiger partial charge in [0.2, 0.25) is 5.88 Å². The number of nitriles is 1. The first-order chi connectivity index (χ1) is 14.6. The van der Waals surface area contributed by atoms with Gasteiger partial charge in [0, 0.05) is 6.42 Å². The summed E-state index contributed by atoms with van der Waals surface area (Å²) in [5.41, 5.74) is 7.23. The van der Waals surface area contributed by atoms with Crippen LogP contribution in [0, 0.1) is 11.3 Å². The predicted molar refractivity (Wildman–Crippen MR) is 112 cm³/mol. The van der Waals surface area contributed by atoms with Gasteiger partial charge in [0.15, 0.2) is 0 Å². The molecule has 0 amide bonds. The zero-order valence-electron chi connectivity index (χ0n) is 17.1. The van der Waals surface area contributed by atoms with Crippen LogP contribution in [0.4, 0.5) is 0 Å². The molecular weight excluding hydrogens is 380 g/mol. The summed E-state index contributed by atoms with van der Waals surface area (Å²) >= 11 is 0. The second-order valence-corrected chi connectivity index (χ2v) is 6.72. The number of nitrogens with two attached hydrogens (primary N) is 1. The van der Waals surface area contributed by atoms with Crippen molar-refractivity contribution in [1.29, 1.82) is 5.26 Å². The molecule has 0 saturated heterocycles. The number of rotatable bonds is 7. The van der Waals surface area contributed by atoms with Crippen LogP contribution in [0.25, 0.3) is 0 Å². The number of ether oxygens (including phenoxy) is 3. The topological polar surface area (TPSA) is 94.6 Å². The van der Waals surface area contributed by atoms with Gasteiger partial charge in [-0.3, -0.25) is 0 Å². The maximum atomic E-state index is 12.8. The molecule has 154 valence electrons. The van der Waals surface area contributed by atoms with Crippen LogP contribution in [0.5, 0.6) is 11.5 Å². The van der Waals surface area contributed by atoms with Crippen molar-refractivity contribution < 1.29 is 19.0 Å². The molecule has 0 radical (unpaired) electrons. The summed E-state index contributed by atoms with van der Waals surface area (Å²) in [5.74, 6) is 0.510. The molecule has 3 rings (SSSR count). The molecule has 1 aliphatic heterocycles. The number of carbonyl (C=O) groups excluding carboxylic acids is 1. The van der Waals surface area contributed by atoms with Crippen LogP contribution in [0.15, 0.2) is 77.4 Å². The summed E-state index contributed by atoms with van der Waals surface area (Å²) in [6, 6.07) is 18.7. The fraction of sp³-hybridized carbons (Fsp3) is 0.250. The number of nitrogens with zero attached hydrogens (tertiary/aromatic N) is 1. The van der Waals surface area contributed by atoms with Crippen LogP contribution in [0.2, 0.25) is 0 Å². The molecule has 2 aromatic carbocycles. The van der Waals surface area contributed by atoms with Crippen molar-refractivity contribution in [3.05, 3.63) is 82.9 Å². The van der Waals surface area contributed by atoms with E-state index in [1.54, 1.807) is 13.0 Å². The van der Waals surface area contributed by atoms with E-state index in [4.69, 9.17) is 19.9 Å². The lowest BCUT2D eigenvalue weighted by Crippen LogP contribution is -2.26. The van der Waals surface area contributed by atoms with E-state index in [0.29, 0.717) is 34.8 Å². The van der Waals surface area contributed by atoms with Gasteiger partial charge < -0.3 is 19.9 Å². The summed E-state index contributed by atoms with van der Waals surface area (Å²) in [6.07, 6.45) is 1.25. The average Bonchev–Trinajstić information content (AvgIpc) is 2.74. The molecule has 30 heavy (non-hydrogen) atoms. The fourth-order valence-corrected chi connectivity index (χ4v) is 3.38. The Morgan fingerprint density at radius 2 is 1.87 bits per heavy atom. The Balaban J connectivity index is 2.08. The quantitative estimate of drug-likeness (QED) is 0.659. The van der Waals surface area contributed by atoms with Crippen LogP contribution in [-0.2, 0) is 14.3 Å². The average molecular weight is 404 g/mol. The van der Waals surface area contributed by atoms with Gasteiger partial charge in [-0.15, -0.1) is 0 Å². The molecule has 1 atom stereocenters. The Labute approximate surface area is 176 Å². The number of benzene rings is 2. The van der Waals surface area contributed by atoms with E-state index in [1.165, 1.54) is 0 Å². The van der Waals surface area contributed by atoms with Crippen molar-refractivity contribution in [3.63, 3.8) is 0 Å². The highest BCUT2D eigenvalue weighted by molar-refractivity contribution is 5.92. The molecule has 0 spiro atoms. The molecule has 0 aliphatic carbocycles. The van der Waals surface area contributed by atoms with E-state index in [-0.39, 0.29) is 18.1 Å². The van der Waals surface area contributed by atoms with E-state index in [2.05, 4.69) is 6.07 Å². The van der Waals surface area contributed by atoms with Crippen molar-refractivity contribution in [3.8, 4) is 17.6 Å². The molecule has 6 nitrogen and oxygen atoms in total. The van der Waals surface area contributed by atoms with Gasteiger partial charge in [0.1, 0.15) is 28.9 Å². The fourth-order valence-electron chi connectivity index (χ4n) is 3.38. The number of esters is 1. The Morgan fingerprint density at radius 3 is 2.53 bits per heavy atom. The molecule has 1 heterocycles. The molecule has 0 bridgehead atoms. The monoisotopic (exact) mass is 404 g/mol. The van der Waals surface area contributed by atoms with Crippen molar-refractivity contribution in [1.82, 2.24) is 0 Å².